The second kappa shape index (κ2) is 15.2. The van der Waals surface area contributed by atoms with Crippen molar-refractivity contribution in [1.82, 2.24) is 10.3 Å². The first-order valence-corrected chi connectivity index (χ1v) is 14.7. The highest BCUT2D eigenvalue weighted by Crippen LogP contribution is 2.19. The maximum atomic E-state index is 12.8. The van der Waals surface area contributed by atoms with E-state index in [2.05, 4.69) is 27.3 Å². The van der Waals surface area contributed by atoms with Crippen LogP contribution in [0.4, 0.5) is 11.4 Å². The Morgan fingerprint density at radius 3 is 2.34 bits per heavy atom. The number of aliphatic hydroxyl groups excluding tert-OH is 1. The average Bonchev–Trinajstić information content (AvgIpc) is 2.92. The number of unbranched alkanes of at least 4 members (excludes halogenated alkanes) is 4. The predicted molar refractivity (Wildman–Crippen MR) is 151 cm³/mol. The van der Waals surface area contributed by atoms with Crippen LogP contribution in [0.3, 0.4) is 0 Å². The molecule has 1 aromatic heterocycles. The first-order valence-electron chi connectivity index (χ1n) is 13.2. The molecule has 1 heterocycles. The van der Waals surface area contributed by atoms with Crippen molar-refractivity contribution in [2.45, 2.75) is 62.9 Å². The fourth-order valence-corrected chi connectivity index (χ4v) is 5.00. The number of anilines is 2. The molecule has 4 N–H and O–H groups in total. The number of benzene rings is 2. The third-order valence-corrected chi connectivity index (χ3v) is 7.56. The van der Waals surface area contributed by atoms with Gasteiger partial charge in [-0.05, 0) is 67.4 Å². The first kappa shape index (κ1) is 29.3. The number of sulfonamides is 1. The van der Waals surface area contributed by atoms with E-state index < -0.39 is 16.1 Å². The van der Waals surface area contributed by atoms with E-state index in [9.17, 15) is 18.3 Å². The van der Waals surface area contributed by atoms with Crippen LogP contribution < -0.4 is 15.4 Å². The van der Waals surface area contributed by atoms with Crippen LogP contribution in [0.5, 0.6) is 0 Å². The van der Waals surface area contributed by atoms with Crippen molar-refractivity contribution < 1.29 is 18.3 Å². The maximum Gasteiger partial charge on any atom is 0.261 e. The average molecular weight is 539 g/mol. The molecule has 0 aliphatic heterocycles. The molecule has 38 heavy (non-hydrogen) atoms. The number of carbonyl (C=O) groups excluding carboxylic acids is 1. The zero-order valence-corrected chi connectivity index (χ0v) is 22.7. The number of pyridine rings is 1. The molecule has 8 nitrogen and oxygen atoms in total. The summed E-state index contributed by atoms with van der Waals surface area (Å²) in [5.74, 6) is -0.0600. The number of carbonyl (C=O) groups is 1. The third-order valence-electron chi connectivity index (χ3n) is 6.16. The number of nitrogens with zero attached hydrogens (tertiary/aromatic N) is 1. The van der Waals surface area contributed by atoms with Gasteiger partial charge in [-0.25, -0.2) is 8.42 Å². The van der Waals surface area contributed by atoms with Crippen LogP contribution in [-0.4, -0.2) is 37.5 Å². The van der Waals surface area contributed by atoms with Crippen molar-refractivity contribution in [3.8, 4) is 0 Å². The number of nitrogens with one attached hydrogen (secondary N) is 3. The maximum absolute atomic E-state index is 12.8. The fraction of sp³-hybridized carbons (Fsp3) is 0.379. The second-order valence-corrected chi connectivity index (χ2v) is 11.0. The summed E-state index contributed by atoms with van der Waals surface area (Å²) < 4.78 is 28.2. The van der Waals surface area contributed by atoms with E-state index >= 15 is 0 Å². The minimum atomic E-state index is -3.76. The van der Waals surface area contributed by atoms with E-state index in [0.717, 1.165) is 36.8 Å². The number of aromatic nitrogens is 1. The number of hydrogen-bond acceptors (Lipinski definition) is 6. The molecule has 9 heteroatoms. The van der Waals surface area contributed by atoms with E-state index in [4.69, 9.17) is 0 Å². The van der Waals surface area contributed by atoms with Gasteiger partial charge in [0.05, 0.1) is 11.0 Å². The topological polar surface area (TPSA) is 120 Å². The Kier molecular flexibility index (Phi) is 11.7. The van der Waals surface area contributed by atoms with Gasteiger partial charge in [-0.15, -0.1) is 0 Å². The monoisotopic (exact) mass is 538 g/mol. The first-order chi connectivity index (χ1) is 18.4. The second-order valence-electron chi connectivity index (χ2n) is 9.30. The van der Waals surface area contributed by atoms with Crippen LogP contribution in [0.15, 0.2) is 78.0 Å². The summed E-state index contributed by atoms with van der Waals surface area (Å²) in [4.78, 5) is 16.2. The molecule has 1 atom stereocenters. The van der Waals surface area contributed by atoms with Gasteiger partial charge in [0, 0.05) is 42.3 Å². The molecule has 0 spiro atoms. The molecule has 3 aromatic rings. The molecule has 0 radical (unpaired) electrons. The van der Waals surface area contributed by atoms with Gasteiger partial charge < -0.3 is 15.7 Å². The van der Waals surface area contributed by atoms with E-state index in [1.54, 1.807) is 42.7 Å². The van der Waals surface area contributed by atoms with Crippen molar-refractivity contribution in [3.05, 3.63) is 84.2 Å². The molecule has 3 rings (SSSR count). The minimum absolute atomic E-state index is 0.0600. The molecule has 2 aromatic carbocycles. The van der Waals surface area contributed by atoms with Gasteiger partial charge in [-0.2, -0.15) is 0 Å². The van der Waals surface area contributed by atoms with Gasteiger partial charge in [-0.1, -0.05) is 50.8 Å². The SMILES string of the molecule is CCCCCCCC(=O)Nc1ccc(S(=O)(=O)Nc2ccc(CCNC[C@H](O)c3cccnc3)cc2)cc1. The lowest BCUT2D eigenvalue weighted by molar-refractivity contribution is -0.116. The summed E-state index contributed by atoms with van der Waals surface area (Å²) in [6.45, 7) is 3.25. The molecule has 0 fully saturated rings. The smallest absolute Gasteiger partial charge is 0.261 e. The summed E-state index contributed by atoms with van der Waals surface area (Å²) in [7, 11) is -3.76. The van der Waals surface area contributed by atoms with Crippen molar-refractivity contribution in [3.63, 3.8) is 0 Å². The highest BCUT2D eigenvalue weighted by Gasteiger charge is 2.14. The molecule has 0 aliphatic rings. The lowest BCUT2D eigenvalue weighted by Gasteiger charge is -2.12. The van der Waals surface area contributed by atoms with Gasteiger partial charge in [0.2, 0.25) is 5.91 Å². The number of aliphatic hydroxyl groups is 1. The number of rotatable bonds is 16. The number of amides is 1. The zero-order chi connectivity index (χ0) is 27.2. The molecule has 0 unspecified atom stereocenters. The van der Waals surface area contributed by atoms with Crippen LogP contribution in [0, 0.1) is 0 Å². The standard InChI is InChI=1S/C29H38N4O4S/c1-2-3-4-5-6-9-29(35)32-25-14-16-27(17-15-25)38(36,37)33-26-12-10-23(11-13-26)18-20-31-22-28(34)24-8-7-19-30-21-24/h7-8,10-17,19,21,28,31,33-34H,2-6,9,18,20,22H2,1H3,(H,32,35)/t28-/m0/s1. The highest BCUT2D eigenvalue weighted by atomic mass is 32.2. The number of hydrogen-bond donors (Lipinski definition) is 4. The Balaban J connectivity index is 1.42. The van der Waals surface area contributed by atoms with Gasteiger partial charge in [0.25, 0.3) is 10.0 Å². The summed E-state index contributed by atoms with van der Waals surface area (Å²) in [5.41, 5.74) is 2.86. The van der Waals surface area contributed by atoms with Gasteiger partial charge >= 0.3 is 0 Å². The van der Waals surface area contributed by atoms with Crippen molar-refractivity contribution in [2.24, 2.45) is 0 Å². The van der Waals surface area contributed by atoms with Crippen LogP contribution in [-0.2, 0) is 21.2 Å². The lowest BCUT2D eigenvalue weighted by Crippen LogP contribution is -2.23. The van der Waals surface area contributed by atoms with Gasteiger partial charge in [-0.3, -0.25) is 14.5 Å². The molecule has 204 valence electrons. The summed E-state index contributed by atoms with van der Waals surface area (Å²) in [6.07, 6.45) is 9.29. The zero-order valence-electron chi connectivity index (χ0n) is 21.9. The third kappa shape index (κ3) is 9.89. The quantitative estimate of drug-likeness (QED) is 0.190. The molecular weight excluding hydrogens is 500 g/mol. The van der Waals surface area contributed by atoms with Crippen molar-refractivity contribution >= 4 is 27.3 Å². The van der Waals surface area contributed by atoms with Crippen LogP contribution >= 0.6 is 0 Å². The van der Waals surface area contributed by atoms with Gasteiger partial charge in [0.15, 0.2) is 0 Å². The minimum Gasteiger partial charge on any atom is -0.387 e. The molecule has 0 saturated heterocycles. The Hall–Kier alpha value is -3.27. The molecular formula is C29H38N4O4S. The Morgan fingerprint density at radius 2 is 1.66 bits per heavy atom. The van der Waals surface area contributed by atoms with Crippen molar-refractivity contribution in [2.75, 3.05) is 23.1 Å². The summed E-state index contributed by atoms with van der Waals surface area (Å²) in [5, 5.41) is 16.2. The fourth-order valence-electron chi connectivity index (χ4n) is 3.95. The largest absolute Gasteiger partial charge is 0.387 e. The lowest BCUT2D eigenvalue weighted by atomic mass is 10.1. The van der Waals surface area contributed by atoms with E-state index in [0.29, 0.717) is 30.9 Å². The summed E-state index contributed by atoms with van der Waals surface area (Å²) in [6, 6.07) is 17.0. The Bertz CT molecular complexity index is 1220. The Morgan fingerprint density at radius 1 is 0.947 bits per heavy atom. The van der Waals surface area contributed by atoms with Crippen LogP contribution in [0.25, 0.3) is 0 Å². The van der Waals surface area contributed by atoms with E-state index in [1.165, 1.54) is 25.0 Å². The molecule has 1 amide bonds. The van der Waals surface area contributed by atoms with Gasteiger partial charge in [0.1, 0.15) is 0 Å². The van der Waals surface area contributed by atoms with Crippen molar-refractivity contribution in [1.29, 1.82) is 0 Å². The predicted octanol–water partition coefficient (Wildman–Crippen LogP) is 5.05. The molecule has 0 bridgehead atoms. The highest BCUT2D eigenvalue weighted by molar-refractivity contribution is 7.92. The molecule has 0 saturated carbocycles. The Labute approximate surface area is 226 Å². The van der Waals surface area contributed by atoms with Crippen LogP contribution in [0.2, 0.25) is 0 Å². The van der Waals surface area contributed by atoms with E-state index in [1.807, 2.05) is 18.2 Å². The summed E-state index contributed by atoms with van der Waals surface area (Å²) >= 11 is 0. The normalized spacial score (nSPS) is 12.2. The van der Waals surface area contributed by atoms with Crippen LogP contribution in [0.1, 0.15) is 62.7 Å². The van der Waals surface area contributed by atoms with E-state index in [-0.39, 0.29) is 10.8 Å². The molecule has 0 aliphatic carbocycles.